The molecule has 0 aliphatic carbocycles. The number of hydrogen-bond donors (Lipinski definition) is 1. The highest BCUT2D eigenvalue weighted by atomic mass is 32.2. The molecule has 0 spiro atoms. The third-order valence-electron chi connectivity index (χ3n) is 3.18. The summed E-state index contributed by atoms with van der Waals surface area (Å²) in [5.74, 6) is 1.03. The van der Waals surface area contributed by atoms with Crippen LogP contribution in [0.15, 0.2) is 46.2 Å². The monoisotopic (exact) mass is 306 g/mol. The maximum absolute atomic E-state index is 14.0. The second kappa shape index (κ2) is 5.95. The molecule has 0 amide bonds. The zero-order valence-corrected chi connectivity index (χ0v) is 12.3. The number of aliphatic hydroxyl groups is 1. The van der Waals surface area contributed by atoms with Gasteiger partial charge in [-0.1, -0.05) is 23.9 Å². The van der Waals surface area contributed by atoms with Gasteiger partial charge in [-0.25, -0.2) is 4.39 Å². The first kappa shape index (κ1) is 14.2. The zero-order valence-electron chi connectivity index (χ0n) is 11.5. The summed E-state index contributed by atoms with van der Waals surface area (Å²) in [7, 11) is 0. The zero-order chi connectivity index (χ0) is 14.8. The molecule has 5 heteroatoms. The topological polar surface area (TPSA) is 38.7 Å². The number of fused-ring (bicyclic) bond motifs is 1. The van der Waals surface area contributed by atoms with Crippen LogP contribution in [-0.4, -0.2) is 18.3 Å². The molecule has 0 unspecified atom stereocenters. The first-order valence-electron chi connectivity index (χ1n) is 6.69. The van der Waals surface area contributed by atoms with Gasteiger partial charge in [-0.15, -0.1) is 0 Å². The molecule has 110 valence electrons. The Morgan fingerprint density at radius 2 is 1.90 bits per heavy atom. The average Bonchev–Trinajstić information content (AvgIpc) is 2.49. The van der Waals surface area contributed by atoms with Gasteiger partial charge in [-0.2, -0.15) is 0 Å². The molecule has 1 heterocycles. The van der Waals surface area contributed by atoms with Crippen molar-refractivity contribution in [2.75, 3.05) is 13.2 Å². The normalized spacial score (nSPS) is 14.8. The van der Waals surface area contributed by atoms with Crippen LogP contribution in [0.2, 0.25) is 0 Å². The summed E-state index contributed by atoms with van der Waals surface area (Å²) in [6.45, 7) is 2.68. The SMILES string of the molecule is C[C@@H](O)c1cccc(F)c1Sc1ccc2c(c1)OCCO2. The molecular weight excluding hydrogens is 291 g/mol. The van der Waals surface area contributed by atoms with E-state index in [2.05, 4.69) is 0 Å². The highest BCUT2D eigenvalue weighted by Gasteiger charge is 2.16. The van der Waals surface area contributed by atoms with Crippen molar-refractivity contribution in [3.8, 4) is 11.5 Å². The number of rotatable bonds is 3. The molecule has 2 aromatic carbocycles. The van der Waals surface area contributed by atoms with Gasteiger partial charge in [-0.3, -0.25) is 0 Å². The van der Waals surface area contributed by atoms with E-state index in [1.807, 2.05) is 18.2 Å². The minimum Gasteiger partial charge on any atom is -0.486 e. The Hall–Kier alpha value is -1.72. The lowest BCUT2D eigenvalue weighted by atomic mass is 10.1. The molecule has 0 saturated carbocycles. The van der Waals surface area contributed by atoms with E-state index in [0.717, 1.165) is 4.90 Å². The predicted molar refractivity (Wildman–Crippen MR) is 78.6 cm³/mol. The summed E-state index contributed by atoms with van der Waals surface area (Å²) in [6, 6.07) is 10.2. The second-order valence-electron chi connectivity index (χ2n) is 4.74. The highest BCUT2D eigenvalue weighted by Crippen LogP contribution is 2.39. The van der Waals surface area contributed by atoms with Crippen LogP contribution in [0.5, 0.6) is 11.5 Å². The average molecular weight is 306 g/mol. The minimum absolute atomic E-state index is 0.340. The smallest absolute Gasteiger partial charge is 0.162 e. The van der Waals surface area contributed by atoms with Crippen LogP contribution in [0.3, 0.4) is 0 Å². The molecule has 1 N–H and O–H groups in total. The Labute approximate surface area is 126 Å². The largest absolute Gasteiger partial charge is 0.486 e. The van der Waals surface area contributed by atoms with E-state index in [4.69, 9.17) is 9.47 Å². The Bertz CT molecular complexity index is 658. The molecule has 1 aliphatic rings. The molecule has 0 fully saturated rings. The van der Waals surface area contributed by atoms with E-state index in [-0.39, 0.29) is 5.82 Å². The lowest BCUT2D eigenvalue weighted by Gasteiger charge is -2.19. The summed E-state index contributed by atoms with van der Waals surface area (Å²) in [5.41, 5.74) is 0.579. The van der Waals surface area contributed by atoms with Crippen molar-refractivity contribution in [2.24, 2.45) is 0 Å². The Balaban J connectivity index is 1.94. The van der Waals surface area contributed by atoms with Crippen molar-refractivity contribution in [2.45, 2.75) is 22.8 Å². The molecule has 0 saturated heterocycles. The van der Waals surface area contributed by atoms with E-state index in [1.165, 1.54) is 17.8 Å². The van der Waals surface area contributed by atoms with Crippen LogP contribution in [0, 0.1) is 5.82 Å². The van der Waals surface area contributed by atoms with Crippen LogP contribution < -0.4 is 9.47 Å². The predicted octanol–water partition coefficient (Wildman–Crippen LogP) is 3.80. The highest BCUT2D eigenvalue weighted by molar-refractivity contribution is 7.99. The second-order valence-corrected chi connectivity index (χ2v) is 5.83. The van der Waals surface area contributed by atoms with Crippen molar-refractivity contribution in [1.29, 1.82) is 0 Å². The first-order chi connectivity index (χ1) is 10.1. The van der Waals surface area contributed by atoms with Crippen LogP contribution >= 0.6 is 11.8 Å². The lowest BCUT2D eigenvalue weighted by Crippen LogP contribution is -2.15. The molecule has 21 heavy (non-hydrogen) atoms. The Morgan fingerprint density at radius 1 is 1.14 bits per heavy atom. The van der Waals surface area contributed by atoms with Crippen LogP contribution in [0.1, 0.15) is 18.6 Å². The number of hydrogen-bond acceptors (Lipinski definition) is 4. The number of aliphatic hydroxyl groups excluding tert-OH is 1. The molecule has 0 radical (unpaired) electrons. The van der Waals surface area contributed by atoms with Gasteiger partial charge in [0, 0.05) is 4.90 Å². The lowest BCUT2D eigenvalue weighted by molar-refractivity contribution is 0.171. The van der Waals surface area contributed by atoms with Crippen molar-refractivity contribution >= 4 is 11.8 Å². The Morgan fingerprint density at radius 3 is 2.67 bits per heavy atom. The van der Waals surface area contributed by atoms with Crippen molar-refractivity contribution in [1.82, 2.24) is 0 Å². The van der Waals surface area contributed by atoms with Gasteiger partial charge in [0.1, 0.15) is 19.0 Å². The van der Waals surface area contributed by atoms with Gasteiger partial charge in [0.05, 0.1) is 11.0 Å². The third-order valence-corrected chi connectivity index (χ3v) is 4.31. The van der Waals surface area contributed by atoms with Gasteiger partial charge >= 0.3 is 0 Å². The summed E-state index contributed by atoms with van der Waals surface area (Å²) in [4.78, 5) is 1.27. The molecule has 1 aliphatic heterocycles. The maximum atomic E-state index is 14.0. The molecule has 0 bridgehead atoms. The summed E-state index contributed by atoms with van der Waals surface area (Å²) >= 11 is 1.27. The molecule has 3 rings (SSSR count). The quantitative estimate of drug-likeness (QED) is 0.936. The third kappa shape index (κ3) is 2.99. The summed E-state index contributed by atoms with van der Waals surface area (Å²) in [6.07, 6.45) is -0.722. The number of halogens is 1. The van der Waals surface area contributed by atoms with Crippen LogP contribution in [0.25, 0.3) is 0 Å². The fraction of sp³-hybridized carbons (Fsp3) is 0.250. The summed E-state index contributed by atoms with van der Waals surface area (Å²) < 4.78 is 25.0. The van der Waals surface area contributed by atoms with Gasteiger partial charge in [0.25, 0.3) is 0 Å². The summed E-state index contributed by atoms with van der Waals surface area (Å²) in [5, 5.41) is 9.77. The van der Waals surface area contributed by atoms with E-state index < -0.39 is 6.10 Å². The van der Waals surface area contributed by atoms with Crippen molar-refractivity contribution in [3.05, 3.63) is 47.8 Å². The first-order valence-corrected chi connectivity index (χ1v) is 7.51. The fourth-order valence-corrected chi connectivity index (χ4v) is 3.23. The van der Waals surface area contributed by atoms with E-state index >= 15 is 0 Å². The van der Waals surface area contributed by atoms with Gasteiger partial charge in [0.2, 0.25) is 0 Å². The maximum Gasteiger partial charge on any atom is 0.162 e. The minimum atomic E-state index is -0.722. The fourth-order valence-electron chi connectivity index (χ4n) is 2.17. The molecular formula is C16H15FO3S. The Kier molecular flexibility index (Phi) is 4.03. The standard InChI is InChI=1S/C16H15FO3S/c1-10(18)12-3-2-4-13(17)16(12)21-11-5-6-14-15(9-11)20-8-7-19-14/h2-6,9-10,18H,7-8H2,1H3/t10-/m1/s1. The molecule has 1 atom stereocenters. The van der Waals surface area contributed by atoms with Gasteiger partial charge in [0.15, 0.2) is 11.5 Å². The van der Waals surface area contributed by atoms with E-state index in [9.17, 15) is 9.50 Å². The van der Waals surface area contributed by atoms with E-state index in [0.29, 0.717) is 35.2 Å². The van der Waals surface area contributed by atoms with Gasteiger partial charge < -0.3 is 14.6 Å². The molecule has 0 aromatic heterocycles. The molecule has 3 nitrogen and oxygen atoms in total. The molecule has 2 aromatic rings. The number of ether oxygens (including phenoxy) is 2. The van der Waals surface area contributed by atoms with Crippen molar-refractivity contribution in [3.63, 3.8) is 0 Å². The van der Waals surface area contributed by atoms with E-state index in [1.54, 1.807) is 19.1 Å². The number of benzene rings is 2. The van der Waals surface area contributed by atoms with Crippen LogP contribution in [0.4, 0.5) is 4.39 Å². The van der Waals surface area contributed by atoms with Gasteiger partial charge in [-0.05, 0) is 36.8 Å². The van der Waals surface area contributed by atoms with Crippen molar-refractivity contribution < 1.29 is 19.0 Å². The van der Waals surface area contributed by atoms with Crippen LogP contribution in [-0.2, 0) is 0 Å².